The van der Waals surface area contributed by atoms with Crippen LogP contribution in [0.25, 0.3) is 0 Å². The molecule has 0 rings (SSSR count). The second kappa shape index (κ2) is 7.50. The molecule has 65 valence electrons. The summed E-state index contributed by atoms with van der Waals surface area (Å²) in [5, 5.41) is 10.9. The molecule has 4 heteroatoms. The Morgan fingerprint density at radius 1 is 1.64 bits per heavy atom. The third kappa shape index (κ3) is 7.29. The molecule has 0 atom stereocenters. The molecule has 0 aromatic heterocycles. The van der Waals surface area contributed by atoms with Crippen molar-refractivity contribution in [1.82, 2.24) is 5.32 Å². The molecular weight excluding hydrogens is 146 g/mol. The van der Waals surface area contributed by atoms with Crippen LogP contribution in [0.2, 0.25) is 0 Å². The van der Waals surface area contributed by atoms with Crippen LogP contribution in [0.5, 0.6) is 0 Å². The Bertz CT molecular complexity index is 106. The number of aliphatic hydroxyl groups excluding tert-OH is 1. The predicted octanol–water partition coefficient (Wildman–Crippen LogP) is -0.664. The number of carbonyl (C=O) groups is 1. The number of ether oxygens (including phenoxy) is 1. The quantitative estimate of drug-likeness (QED) is 0.507. The molecule has 0 unspecified atom stereocenters. The van der Waals surface area contributed by atoms with Gasteiger partial charge in [0.25, 0.3) is 0 Å². The first-order chi connectivity index (χ1) is 5.31. The fraction of sp³-hybridized carbons (Fsp3) is 0.714. The van der Waals surface area contributed by atoms with Crippen LogP contribution in [-0.4, -0.2) is 37.4 Å². The van der Waals surface area contributed by atoms with Crippen LogP contribution in [0.4, 0.5) is 0 Å². The largest absolute Gasteiger partial charge is 0.394 e. The van der Waals surface area contributed by atoms with E-state index in [1.54, 1.807) is 6.92 Å². The minimum absolute atomic E-state index is 0.0217. The predicted molar refractivity (Wildman–Crippen MR) is 40.9 cm³/mol. The fourth-order valence-corrected chi connectivity index (χ4v) is 0.515. The molecule has 0 saturated heterocycles. The smallest absolute Gasteiger partial charge is 0.223 e. The summed E-state index contributed by atoms with van der Waals surface area (Å²) in [4.78, 5) is 10.6. The zero-order valence-corrected chi connectivity index (χ0v) is 6.67. The van der Waals surface area contributed by atoms with Gasteiger partial charge in [0.1, 0.15) is 0 Å². The van der Waals surface area contributed by atoms with E-state index in [1.807, 2.05) is 0 Å². The first-order valence-electron chi connectivity index (χ1n) is 3.57. The highest BCUT2D eigenvalue weighted by atomic mass is 16.5. The summed E-state index contributed by atoms with van der Waals surface area (Å²) in [6.45, 7) is 2.95. The molecule has 1 radical (unpaired) electrons. The highest BCUT2D eigenvalue weighted by molar-refractivity contribution is 5.83. The summed E-state index contributed by atoms with van der Waals surface area (Å²) in [6, 6.07) is 0. The lowest BCUT2D eigenvalue weighted by Gasteiger charge is -2.02. The molecule has 2 N–H and O–H groups in total. The normalized spacial score (nSPS) is 9.64. The third-order valence-electron chi connectivity index (χ3n) is 1.04. The average Bonchev–Trinajstić information content (AvgIpc) is 2.04. The SMILES string of the molecule is C[CH]C(=O)NCCOCCO. The van der Waals surface area contributed by atoms with Crippen LogP contribution in [0.15, 0.2) is 0 Å². The Kier molecular flexibility index (Phi) is 7.08. The zero-order valence-electron chi connectivity index (χ0n) is 6.67. The molecule has 0 aliphatic carbocycles. The Morgan fingerprint density at radius 2 is 2.36 bits per heavy atom. The Labute approximate surface area is 66.5 Å². The second-order valence-corrected chi connectivity index (χ2v) is 1.92. The highest BCUT2D eigenvalue weighted by Gasteiger charge is 1.94. The van der Waals surface area contributed by atoms with Gasteiger partial charge in [0.15, 0.2) is 0 Å². The molecule has 0 spiro atoms. The average molecular weight is 160 g/mol. The van der Waals surface area contributed by atoms with Gasteiger partial charge in [0, 0.05) is 13.0 Å². The van der Waals surface area contributed by atoms with Gasteiger partial charge in [0.05, 0.1) is 19.8 Å². The van der Waals surface area contributed by atoms with Gasteiger partial charge < -0.3 is 15.2 Å². The van der Waals surface area contributed by atoms with E-state index in [0.717, 1.165) is 0 Å². The maximum Gasteiger partial charge on any atom is 0.223 e. The van der Waals surface area contributed by atoms with Gasteiger partial charge in [0.2, 0.25) is 5.91 Å². The molecule has 4 nitrogen and oxygen atoms in total. The van der Waals surface area contributed by atoms with Crippen LogP contribution in [0, 0.1) is 6.42 Å². The van der Waals surface area contributed by atoms with Gasteiger partial charge in [-0.1, -0.05) is 6.92 Å². The first kappa shape index (κ1) is 10.4. The molecule has 0 aromatic carbocycles. The number of aliphatic hydroxyl groups is 1. The van der Waals surface area contributed by atoms with Crippen LogP contribution in [0.1, 0.15) is 6.92 Å². The summed E-state index contributed by atoms with van der Waals surface area (Å²) in [7, 11) is 0. The summed E-state index contributed by atoms with van der Waals surface area (Å²) in [5.74, 6) is -0.0994. The van der Waals surface area contributed by atoms with E-state index in [1.165, 1.54) is 6.42 Å². The van der Waals surface area contributed by atoms with E-state index in [0.29, 0.717) is 19.8 Å². The standard InChI is InChI=1S/C7H14NO3/c1-2-7(10)8-3-5-11-6-4-9/h2,9H,3-6H2,1H3,(H,8,10). The summed E-state index contributed by atoms with van der Waals surface area (Å²) >= 11 is 0. The van der Waals surface area contributed by atoms with E-state index in [4.69, 9.17) is 9.84 Å². The minimum Gasteiger partial charge on any atom is -0.394 e. The van der Waals surface area contributed by atoms with Crippen molar-refractivity contribution in [3.05, 3.63) is 6.42 Å². The lowest BCUT2D eigenvalue weighted by molar-refractivity contribution is -0.118. The van der Waals surface area contributed by atoms with Gasteiger partial charge in [-0.05, 0) is 0 Å². The molecule has 0 saturated carbocycles. The van der Waals surface area contributed by atoms with Gasteiger partial charge in [-0.2, -0.15) is 0 Å². The second-order valence-electron chi connectivity index (χ2n) is 1.92. The van der Waals surface area contributed by atoms with Gasteiger partial charge in [-0.25, -0.2) is 0 Å². The number of hydrogen-bond acceptors (Lipinski definition) is 3. The van der Waals surface area contributed by atoms with E-state index in [9.17, 15) is 4.79 Å². The van der Waals surface area contributed by atoms with Crippen molar-refractivity contribution < 1.29 is 14.6 Å². The van der Waals surface area contributed by atoms with Gasteiger partial charge in [-0.3, -0.25) is 4.79 Å². The van der Waals surface area contributed by atoms with Gasteiger partial charge >= 0.3 is 0 Å². The van der Waals surface area contributed by atoms with Crippen LogP contribution in [-0.2, 0) is 9.53 Å². The van der Waals surface area contributed by atoms with Crippen molar-refractivity contribution in [2.45, 2.75) is 6.92 Å². The van der Waals surface area contributed by atoms with E-state index in [-0.39, 0.29) is 12.5 Å². The maximum absolute atomic E-state index is 10.6. The van der Waals surface area contributed by atoms with Crippen LogP contribution in [0.3, 0.4) is 0 Å². The monoisotopic (exact) mass is 160 g/mol. The van der Waals surface area contributed by atoms with Crippen molar-refractivity contribution >= 4 is 5.91 Å². The highest BCUT2D eigenvalue weighted by Crippen LogP contribution is 1.74. The van der Waals surface area contributed by atoms with Crippen molar-refractivity contribution in [2.24, 2.45) is 0 Å². The number of hydrogen-bond donors (Lipinski definition) is 2. The molecule has 0 fully saturated rings. The summed E-state index contributed by atoms with van der Waals surface area (Å²) < 4.78 is 4.90. The van der Waals surface area contributed by atoms with E-state index < -0.39 is 0 Å². The summed E-state index contributed by atoms with van der Waals surface area (Å²) in [5.41, 5.74) is 0. The lowest BCUT2D eigenvalue weighted by Crippen LogP contribution is -2.26. The third-order valence-corrected chi connectivity index (χ3v) is 1.04. The number of carbonyl (C=O) groups excluding carboxylic acids is 1. The minimum atomic E-state index is -0.0994. The summed E-state index contributed by atoms with van der Waals surface area (Å²) in [6.07, 6.45) is 1.45. The molecular formula is C7H14NO3. The first-order valence-corrected chi connectivity index (χ1v) is 3.57. The topological polar surface area (TPSA) is 58.6 Å². The maximum atomic E-state index is 10.6. The number of rotatable bonds is 6. The molecule has 0 bridgehead atoms. The van der Waals surface area contributed by atoms with Crippen molar-refractivity contribution in [3.8, 4) is 0 Å². The molecule has 0 aliphatic rings. The van der Waals surface area contributed by atoms with Gasteiger partial charge in [-0.15, -0.1) is 0 Å². The van der Waals surface area contributed by atoms with E-state index in [2.05, 4.69) is 5.32 Å². The number of amides is 1. The van der Waals surface area contributed by atoms with Crippen LogP contribution >= 0.6 is 0 Å². The zero-order chi connectivity index (χ0) is 8.53. The lowest BCUT2D eigenvalue weighted by atomic mass is 10.4. The van der Waals surface area contributed by atoms with Crippen LogP contribution < -0.4 is 5.32 Å². The number of nitrogens with one attached hydrogen (secondary N) is 1. The van der Waals surface area contributed by atoms with E-state index >= 15 is 0 Å². The Balaban J connectivity index is 2.95. The molecule has 1 amide bonds. The molecule has 0 heterocycles. The Morgan fingerprint density at radius 3 is 2.91 bits per heavy atom. The van der Waals surface area contributed by atoms with Crippen molar-refractivity contribution in [3.63, 3.8) is 0 Å². The Hall–Kier alpha value is -0.610. The fourth-order valence-electron chi connectivity index (χ4n) is 0.515. The van der Waals surface area contributed by atoms with Crippen molar-refractivity contribution in [2.75, 3.05) is 26.4 Å². The molecule has 11 heavy (non-hydrogen) atoms. The molecule has 0 aliphatic heterocycles. The molecule has 0 aromatic rings. The van der Waals surface area contributed by atoms with Crippen molar-refractivity contribution in [1.29, 1.82) is 0 Å².